The van der Waals surface area contributed by atoms with Crippen LogP contribution in [0.2, 0.25) is 0 Å². The molecule has 4 aromatic rings. The first kappa shape index (κ1) is 20.5. The molecule has 0 saturated heterocycles. The van der Waals surface area contributed by atoms with Gasteiger partial charge in [0.25, 0.3) is 5.56 Å². The molecule has 0 amide bonds. The van der Waals surface area contributed by atoms with E-state index < -0.39 is 0 Å². The van der Waals surface area contributed by atoms with Crippen LogP contribution in [-0.4, -0.2) is 18.7 Å². The first-order chi connectivity index (χ1) is 15.2. The third-order valence-electron chi connectivity index (χ3n) is 6.47. The Labute approximate surface area is 188 Å². The van der Waals surface area contributed by atoms with E-state index in [1.54, 1.807) is 35.1 Å². The van der Waals surface area contributed by atoms with Crippen molar-refractivity contribution in [2.24, 2.45) is 19.5 Å². The largest absolute Gasteiger partial charge is 0.341 e. The molecule has 162 valence electrons. The Hall–Kier alpha value is -3.44. The number of fused-ring (bicyclic) bond motifs is 3. The standard InChI is InChI=1S/C24H23N5O2S/c1-13-11-32-21(26-13)17-20-19-16(22(30)28(5)23(31)27(19)4)18(29(20)12-24(17,2)3)15-8-6-7-14(9-15)10-25/h6-9,11,17H,12H2,1-5H3. The zero-order valence-corrected chi connectivity index (χ0v) is 19.4. The summed E-state index contributed by atoms with van der Waals surface area (Å²) in [6.45, 7) is 7.04. The number of hydrogen-bond acceptors (Lipinski definition) is 5. The van der Waals surface area contributed by atoms with Crippen molar-refractivity contribution in [3.05, 3.63) is 72.4 Å². The molecule has 32 heavy (non-hydrogen) atoms. The van der Waals surface area contributed by atoms with Crippen LogP contribution in [0.1, 0.15) is 41.7 Å². The maximum Gasteiger partial charge on any atom is 0.331 e. The van der Waals surface area contributed by atoms with Crippen molar-refractivity contribution in [1.82, 2.24) is 18.7 Å². The minimum Gasteiger partial charge on any atom is -0.341 e. The summed E-state index contributed by atoms with van der Waals surface area (Å²) in [4.78, 5) is 31.1. The van der Waals surface area contributed by atoms with E-state index in [1.807, 2.05) is 24.4 Å². The topological polar surface area (TPSA) is 85.6 Å². The molecule has 7 nitrogen and oxygen atoms in total. The van der Waals surface area contributed by atoms with Crippen molar-refractivity contribution < 1.29 is 0 Å². The lowest BCUT2D eigenvalue weighted by atomic mass is 9.79. The summed E-state index contributed by atoms with van der Waals surface area (Å²) >= 11 is 1.61. The van der Waals surface area contributed by atoms with Crippen LogP contribution in [0.5, 0.6) is 0 Å². The second-order valence-electron chi connectivity index (χ2n) is 9.19. The lowest BCUT2D eigenvalue weighted by Crippen LogP contribution is -2.37. The molecule has 0 fully saturated rings. The predicted octanol–water partition coefficient (Wildman–Crippen LogP) is 3.51. The molecule has 1 aliphatic heterocycles. The van der Waals surface area contributed by atoms with E-state index in [1.165, 1.54) is 7.05 Å². The average Bonchev–Trinajstić information content (AvgIpc) is 3.39. The van der Waals surface area contributed by atoms with E-state index in [9.17, 15) is 14.9 Å². The lowest BCUT2D eigenvalue weighted by Gasteiger charge is -2.25. The second-order valence-corrected chi connectivity index (χ2v) is 10.1. The van der Waals surface area contributed by atoms with Gasteiger partial charge < -0.3 is 4.57 Å². The first-order valence-corrected chi connectivity index (χ1v) is 11.3. The van der Waals surface area contributed by atoms with E-state index in [4.69, 9.17) is 4.98 Å². The summed E-state index contributed by atoms with van der Waals surface area (Å²) in [7, 11) is 3.23. The van der Waals surface area contributed by atoms with Gasteiger partial charge in [-0.1, -0.05) is 26.0 Å². The number of hydrogen-bond donors (Lipinski definition) is 0. The maximum atomic E-state index is 13.4. The van der Waals surface area contributed by atoms with Crippen molar-refractivity contribution in [3.8, 4) is 17.3 Å². The summed E-state index contributed by atoms with van der Waals surface area (Å²) < 4.78 is 4.90. The van der Waals surface area contributed by atoms with Crippen LogP contribution in [0.25, 0.3) is 22.2 Å². The van der Waals surface area contributed by atoms with Crippen molar-refractivity contribution in [1.29, 1.82) is 5.26 Å². The maximum absolute atomic E-state index is 13.4. The summed E-state index contributed by atoms with van der Waals surface area (Å²) in [5.41, 5.74) is 3.77. The Morgan fingerprint density at radius 3 is 2.62 bits per heavy atom. The SMILES string of the molecule is Cc1csc(C2c3c4c(c(-c5cccc(C#N)c5)n3CC2(C)C)c(=O)n(C)c(=O)n4C)n1. The Morgan fingerprint density at radius 2 is 1.97 bits per heavy atom. The predicted molar refractivity (Wildman–Crippen MR) is 125 cm³/mol. The van der Waals surface area contributed by atoms with E-state index in [0.29, 0.717) is 23.0 Å². The second kappa shape index (κ2) is 6.78. The number of thiazole rings is 1. The zero-order valence-electron chi connectivity index (χ0n) is 18.6. The third kappa shape index (κ3) is 2.67. The summed E-state index contributed by atoms with van der Waals surface area (Å²) in [6.07, 6.45) is 0. The molecule has 1 unspecified atom stereocenters. The summed E-state index contributed by atoms with van der Waals surface area (Å²) in [5.74, 6) is -0.0608. The third-order valence-corrected chi connectivity index (χ3v) is 7.50. The first-order valence-electron chi connectivity index (χ1n) is 10.4. The fourth-order valence-corrected chi connectivity index (χ4v) is 6.17. The smallest absolute Gasteiger partial charge is 0.331 e. The number of aryl methyl sites for hydroxylation is 2. The number of benzene rings is 1. The Balaban J connectivity index is 1.99. The highest BCUT2D eigenvalue weighted by Gasteiger charge is 2.46. The molecule has 4 heterocycles. The van der Waals surface area contributed by atoms with Crippen LogP contribution in [-0.2, 0) is 20.6 Å². The highest BCUT2D eigenvalue weighted by molar-refractivity contribution is 7.09. The molecule has 0 bridgehead atoms. The monoisotopic (exact) mass is 445 g/mol. The van der Waals surface area contributed by atoms with Gasteiger partial charge in [0.05, 0.1) is 39.8 Å². The Bertz CT molecular complexity index is 1570. The van der Waals surface area contributed by atoms with Crippen molar-refractivity contribution in [2.75, 3.05) is 0 Å². The highest BCUT2D eigenvalue weighted by atomic mass is 32.1. The summed E-state index contributed by atoms with van der Waals surface area (Å²) in [5, 5.41) is 13.0. The molecule has 0 aliphatic carbocycles. The molecule has 3 aromatic heterocycles. The van der Waals surface area contributed by atoms with Gasteiger partial charge in [-0.25, -0.2) is 9.78 Å². The van der Waals surface area contributed by atoms with E-state index in [0.717, 1.165) is 32.2 Å². The van der Waals surface area contributed by atoms with Crippen molar-refractivity contribution in [3.63, 3.8) is 0 Å². The molecule has 0 saturated carbocycles. The Morgan fingerprint density at radius 1 is 1.22 bits per heavy atom. The highest BCUT2D eigenvalue weighted by Crippen LogP contribution is 2.53. The number of aromatic nitrogens is 4. The molecule has 1 aromatic carbocycles. The van der Waals surface area contributed by atoms with Crippen molar-refractivity contribution >= 4 is 22.2 Å². The fraction of sp³-hybridized carbons (Fsp3) is 0.333. The van der Waals surface area contributed by atoms with E-state index >= 15 is 0 Å². The van der Waals surface area contributed by atoms with Gasteiger partial charge in [-0.15, -0.1) is 11.3 Å². The van der Waals surface area contributed by atoms with E-state index in [2.05, 4.69) is 24.5 Å². The van der Waals surface area contributed by atoms with Gasteiger partial charge in [-0.05, 0) is 24.5 Å². The van der Waals surface area contributed by atoms with Gasteiger partial charge in [0.2, 0.25) is 0 Å². The quantitative estimate of drug-likeness (QED) is 0.473. The van der Waals surface area contributed by atoms with Crippen LogP contribution in [0.15, 0.2) is 39.2 Å². The van der Waals surface area contributed by atoms with Crippen LogP contribution >= 0.6 is 11.3 Å². The molecule has 1 aliphatic rings. The van der Waals surface area contributed by atoms with E-state index in [-0.39, 0.29) is 22.6 Å². The van der Waals surface area contributed by atoms with Gasteiger partial charge >= 0.3 is 5.69 Å². The molecule has 5 rings (SSSR count). The Kier molecular flexibility index (Phi) is 4.33. The fourth-order valence-electron chi connectivity index (χ4n) is 5.06. The van der Waals surface area contributed by atoms with Crippen LogP contribution in [0.3, 0.4) is 0 Å². The zero-order chi connectivity index (χ0) is 22.9. The molecule has 0 spiro atoms. The van der Waals surface area contributed by atoms with Crippen LogP contribution in [0.4, 0.5) is 0 Å². The van der Waals surface area contributed by atoms with Gasteiger partial charge in [0.15, 0.2) is 0 Å². The van der Waals surface area contributed by atoms with Gasteiger partial charge in [-0.3, -0.25) is 13.9 Å². The molecular weight excluding hydrogens is 422 g/mol. The summed E-state index contributed by atoms with van der Waals surface area (Å²) in [6, 6.07) is 9.49. The average molecular weight is 446 g/mol. The van der Waals surface area contributed by atoms with Crippen molar-refractivity contribution in [2.45, 2.75) is 33.2 Å². The molecule has 0 radical (unpaired) electrons. The molecular formula is C24H23N5O2S. The van der Waals surface area contributed by atoms with Gasteiger partial charge in [-0.2, -0.15) is 5.26 Å². The molecule has 0 N–H and O–H groups in total. The normalized spacial score (nSPS) is 16.9. The van der Waals surface area contributed by atoms with Crippen LogP contribution < -0.4 is 11.2 Å². The minimum atomic E-state index is -0.355. The van der Waals surface area contributed by atoms with Gasteiger partial charge in [0.1, 0.15) is 5.01 Å². The lowest BCUT2D eigenvalue weighted by molar-refractivity contribution is 0.323. The number of rotatable bonds is 2. The number of nitriles is 1. The molecule has 1 atom stereocenters. The van der Waals surface area contributed by atoms with Gasteiger partial charge in [0, 0.05) is 37.3 Å². The van der Waals surface area contributed by atoms with Crippen LogP contribution in [0, 0.1) is 23.7 Å². The molecule has 8 heteroatoms. The number of nitrogens with zero attached hydrogens (tertiary/aromatic N) is 5. The minimum absolute atomic E-state index is 0.0608.